The molecule has 1 aromatic carbocycles. The molecule has 0 amide bonds. The fourth-order valence-corrected chi connectivity index (χ4v) is 2.99. The summed E-state index contributed by atoms with van der Waals surface area (Å²) in [5.74, 6) is 0.867. The first-order valence-electron chi connectivity index (χ1n) is 7.59. The van der Waals surface area contributed by atoms with Gasteiger partial charge in [0.15, 0.2) is 0 Å². The van der Waals surface area contributed by atoms with Gasteiger partial charge in [-0.1, -0.05) is 30.3 Å². The molecule has 1 saturated heterocycles. The molecular formula is C17H22N4O. The van der Waals surface area contributed by atoms with Gasteiger partial charge in [-0.15, -0.1) is 0 Å². The molecule has 2 aromatic rings. The molecule has 5 nitrogen and oxygen atoms in total. The van der Waals surface area contributed by atoms with E-state index < -0.39 is 0 Å². The fourth-order valence-electron chi connectivity index (χ4n) is 2.99. The van der Waals surface area contributed by atoms with Crippen LogP contribution in [-0.2, 0) is 4.74 Å². The van der Waals surface area contributed by atoms with Gasteiger partial charge in [-0.25, -0.2) is 4.98 Å². The molecule has 0 unspecified atom stereocenters. The third kappa shape index (κ3) is 3.26. The quantitative estimate of drug-likeness (QED) is 0.863. The highest BCUT2D eigenvalue weighted by atomic mass is 16.5. The van der Waals surface area contributed by atoms with Crippen LogP contribution in [0.5, 0.6) is 0 Å². The van der Waals surface area contributed by atoms with Gasteiger partial charge >= 0.3 is 0 Å². The monoisotopic (exact) mass is 298 g/mol. The summed E-state index contributed by atoms with van der Waals surface area (Å²) in [4.78, 5) is 13.0. The highest BCUT2D eigenvalue weighted by Crippen LogP contribution is 2.29. The molecule has 0 bridgehead atoms. The van der Waals surface area contributed by atoms with Crippen LogP contribution >= 0.6 is 0 Å². The fraction of sp³-hybridized carbons (Fsp3) is 0.412. The summed E-state index contributed by atoms with van der Waals surface area (Å²) in [5, 5.41) is 0. The summed E-state index contributed by atoms with van der Waals surface area (Å²) in [6.45, 7) is 2.49. The van der Waals surface area contributed by atoms with Gasteiger partial charge < -0.3 is 9.64 Å². The Balaban J connectivity index is 1.78. The number of aromatic nitrogens is 2. The van der Waals surface area contributed by atoms with Gasteiger partial charge in [0.1, 0.15) is 5.82 Å². The van der Waals surface area contributed by atoms with Crippen molar-refractivity contribution in [3.8, 4) is 0 Å². The van der Waals surface area contributed by atoms with E-state index in [1.165, 1.54) is 5.56 Å². The maximum absolute atomic E-state index is 6.08. The summed E-state index contributed by atoms with van der Waals surface area (Å²) in [6.07, 6.45) is 5.29. The van der Waals surface area contributed by atoms with Crippen molar-refractivity contribution in [2.24, 2.45) is 0 Å². The average Bonchev–Trinajstić information content (AvgIpc) is 2.56. The van der Waals surface area contributed by atoms with Crippen LogP contribution in [0.4, 0.5) is 5.82 Å². The van der Waals surface area contributed by atoms with Gasteiger partial charge in [0.25, 0.3) is 0 Å². The second-order valence-electron chi connectivity index (χ2n) is 5.69. The van der Waals surface area contributed by atoms with Crippen LogP contribution < -0.4 is 4.90 Å². The third-order valence-electron chi connectivity index (χ3n) is 4.14. The van der Waals surface area contributed by atoms with Crippen LogP contribution in [0.15, 0.2) is 48.9 Å². The van der Waals surface area contributed by atoms with Crippen molar-refractivity contribution in [2.75, 3.05) is 38.7 Å². The number of rotatable bonds is 4. The molecule has 1 fully saturated rings. The lowest BCUT2D eigenvalue weighted by atomic mass is 9.98. The van der Waals surface area contributed by atoms with Crippen LogP contribution in [0.3, 0.4) is 0 Å². The standard InChI is InChI=1S/C17H22N4O/c1-20-10-11-22-15(17(20)14-6-4-3-5-7-14)13-21(2)16-12-18-8-9-19-16/h3-9,12,15,17H,10-11,13H2,1-2H3/t15-,17-/m0/s1. The Morgan fingerprint density at radius 3 is 2.82 bits per heavy atom. The molecule has 1 aliphatic heterocycles. The van der Waals surface area contributed by atoms with Crippen molar-refractivity contribution < 1.29 is 4.74 Å². The second kappa shape index (κ2) is 6.85. The zero-order chi connectivity index (χ0) is 15.4. The van der Waals surface area contributed by atoms with Crippen molar-refractivity contribution >= 4 is 5.82 Å². The van der Waals surface area contributed by atoms with Gasteiger partial charge in [-0.3, -0.25) is 9.88 Å². The molecule has 0 radical (unpaired) electrons. The number of benzene rings is 1. The molecule has 3 rings (SSSR count). The smallest absolute Gasteiger partial charge is 0.146 e. The number of ether oxygens (including phenoxy) is 1. The Labute approximate surface area is 131 Å². The van der Waals surface area contributed by atoms with E-state index >= 15 is 0 Å². The predicted molar refractivity (Wildman–Crippen MR) is 86.9 cm³/mol. The van der Waals surface area contributed by atoms with Crippen molar-refractivity contribution in [1.29, 1.82) is 0 Å². The molecule has 0 saturated carbocycles. The molecule has 1 aliphatic rings. The van der Waals surface area contributed by atoms with E-state index in [2.05, 4.69) is 51.1 Å². The number of morpholine rings is 1. The minimum absolute atomic E-state index is 0.105. The Kier molecular flexibility index (Phi) is 4.65. The number of hydrogen-bond acceptors (Lipinski definition) is 5. The van der Waals surface area contributed by atoms with Crippen molar-refractivity contribution in [1.82, 2.24) is 14.9 Å². The maximum atomic E-state index is 6.08. The van der Waals surface area contributed by atoms with Crippen molar-refractivity contribution in [2.45, 2.75) is 12.1 Å². The molecule has 22 heavy (non-hydrogen) atoms. The highest BCUT2D eigenvalue weighted by molar-refractivity contribution is 5.34. The predicted octanol–water partition coefficient (Wildman–Crippen LogP) is 1.98. The summed E-state index contributed by atoms with van der Waals surface area (Å²) in [6, 6.07) is 10.8. The van der Waals surface area contributed by atoms with Gasteiger partial charge in [-0.05, 0) is 12.6 Å². The maximum Gasteiger partial charge on any atom is 0.146 e. The molecule has 2 heterocycles. The Hall–Kier alpha value is -1.98. The van der Waals surface area contributed by atoms with Crippen LogP contribution in [0.2, 0.25) is 0 Å². The zero-order valence-electron chi connectivity index (χ0n) is 13.1. The first kappa shape index (κ1) is 14.9. The van der Waals surface area contributed by atoms with Crippen LogP contribution in [0.1, 0.15) is 11.6 Å². The molecule has 2 atom stereocenters. The number of nitrogens with zero attached hydrogens (tertiary/aromatic N) is 4. The van der Waals surface area contributed by atoms with Gasteiger partial charge in [-0.2, -0.15) is 0 Å². The molecule has 5 heteroatoms. The number of hydrogen-bond donors (Lipinski definition) is 0. The van der Waals surface area contributed by atoms with Gasteiger partial charge in [0, 0.05) is 32.5 Å². The molecular weight excluding hydrogens is 276 g/mol. The van der Waals surface area contributed by atoms with E-state index in [0.29, 0.717) is 0 Å². The summed E-state index contributed by atoms with van der Waals surface area (Å²) in [5.41, 5.74) is 1.29. The summed E-state index contributed by atoms with van der Waals surface area (Å²) >= 11 is 0. The summed E-state index contributed by atoms with van der Waals surface area (Å²) < 4.78 is 6.08. The van der Waals surface area contributed by atoms with Crippen LogP contribution in [0.25, 0.3) is 0 Å². The van der Waals surface area contributed by atoms with Gasteiger partial charge in [0.05, 0.1) is 24.9 Å². The van der Waals surface area contributed by atoms with Crippen molar-refractivity contribution in [3.05, 3.63) is 54.5 Å². The normalized spacial score (nSPS) is 22.5. The average molecular weight is 298 g/mol. The SMILES string of the molecule is CN(C[C@@H]1OCCN(C)[C@H]1c1ccccc1)c1cnccn1. The molecule has 116 valence electrons. The Morgan fingerprint density at radius 1 is 1.27 bits per heavy atom. The second-order valence-corrected chi connectivity index (χ2v) is 5.69. The lowest BCUT2D eigenvalue weighted by Gasteiger charge is -2.41. The molecule has 0 aliphatic carbocycles. The largest absolute Gasteiger partial charge is 0.373 e. The van der Waals surface area contributed by atoms with Crippen LogP contribution in [-0.4, -0.2) is 54.8 Å². The van der Waals surface area contributed by atoms with Gasteiger partial charge in [0.2, 0.25) is 0 Å². The molecule has 0 spiro atoms. The van der Waals surface area contributed by atoms with Crippen LogP contribution in [0, 0.1) is 0 Å². The van der Waals surface area contributed by atoms with E-state index in [1.54, 1.807) is 18.6 Å². The van der Waals surface area contributed by atoms with E-state index in [1.807, 2.05) is 13.1 Å². The Bertz CT molecular complexity index is 578. The topological polar surface area (TPSA) is 41.5 Å². The minimum atomic E-state index is 0.105. The first-order valence-corrected chi connectivity index (χ1v) is 7.59. The lowest BCUT2D eigenvalue weighted by Crippen LogP contribution is -2.48. The molecule has 1 aromatic heterocycles. The van der Waals surface area contributed by atoms with E-state index in [0.717, 1.165) is 25.5 Å². The Morgan fingerprint density at radius 2 is 2.09 bits per heavy atom. The van der Waals surface area contributed by atoms with E-state index in [9.17, 15) is 0 Å². The van der Waals surface area contributed by atoms with Crippen molar-refractivity contribution in [3.63, 3.8) is 0 Å². The zero-order valence-corrected chi connectivity index (χ0v) is 13.1. The van der Waals surface area contributed by atoms with E-state index in [-0.39, 0.29) is 12.1 Å². The lowest BCUT2D eigenvalue weighted by molar-refractivity contribution is -0.0580. The third-order valence-corrected chi connectivity index (χ3v) is 4.14. The summed E-state index contributed by atoms with van der Waals surface area (Å²) in [7, 11) is 4.19. The number of likely N-dealkylation sites (N-methyl/N-ethyl adjacent to an activating group) is 2. The minimum Gasteiger partial charge on any atom is -0.373 e. The van der Waals surface area contributed by atoms with E-state index in [4.69, 9.17) is 4.74 Å². The first-order chi connectivity index (χ1) is 10.8. The number of anilines is 1. The highest BCUT2D eigenvalue weighted by Gasteiger charge is 2.32. The molecule has 0 N–H and O–H groups in total.